The topological polar surface area (TPSA) is 138 Å². The van der Waals surface area contributed by atoms with Gasteiger partial charge in [0.25, 0.3) is 11.5 Å². The first-order chi connectivity index (χ1) is 12.8. The van der Waals surface area contributed by atoms with Gasteiger partial charge in [0.2, 0.25) is 5.91 Å². The molecule has 1 atom stereocenters. The Labute approximate surface area is 154 Å². The Morgan fingerprint density at radius 1 is 1.11 bits per heavy atom. The number of carboxylic acid groups (broad SMARTS) is 1. The Morgan fingerprint density at radius 3 is 2.37 bits per heavy atom. The Morgan fingerprint density at radius 2 is 1.78 bits per heavy atom. The normalized spacial score (nSPS) is 11.5. The Kier molecular flexibility index (Phi) is 6.45. The van der Waals surface area contributed by atoms with Crippen molar-refractivity contribution < 1.29 is 24.6 Å². The molecule has 2 rings (SSSR count). The van der Waals surface area contributed by atoms with E-state index in [-0.39, 0.29) is 17.7 Å². The second-order valence-corrected chi connectivity index (χ2v) is 5.84. The maximum absolute atomic E-state index is 12.1. The van der Waals surface area contributed by atoms with Crippen LogP contribution in [-0.4, -0.2) is 45.2 Å². The van der Waals surface area contributed by atoms with E-state index in [9.17, 15) is 19.2 Å². The zero-order valence-electron chi connectivity index (χ0n) is 14.5. The summed E-state index contributed by atoms with van der Waals surface area (Å²) in [6.45, 7) is 0.927. The van der Waals surface area contributed by atoms with Crippen molar-refractivity contribution >= 4 is 23.5 Å². The first-order valence-electron chi connectivity index (χ1n) is 8.01. The molecule has 1 unspecified atom stereocenters. The summed E-state index contributed by atoms with van der Waals surface area (Å²) in [7, 11) is 0. The highest BCUT2D eigenvalue weighted by Crippen LogP contribution is 2.10. The molecule has 27 heavy (non-hydrogen) atoms. The molecule has 1 heterocycles. The SMILES string of the molecule is Cc1ccc(=O)n(CC(=O)Nc2ccc(C(=O)NC(CO)C(=O)O)cc2)c1. The minimum Gasteiger partial charge on any atom is -0.480 e. The third-order valence-corrected chi connectivity index (χ3v) is 3.66. The first kappa shape index (κ1) is 19.9. The number of aromatic nitrogens is 1. The number of anilines is 1. The van der Waals surface area contributed by atoms with Gasteiger partial charge in [-0.2, -0.15) is 0 Å². The van der Waals surface area contributed by atoms with Gasteiger partial charge in [-0.15, -0.1) is 0 Å². The van der Waals surface area contributed by atoms with Gasteiger partial charge in [0.1, 0.15) is 6.54 Å². The van der Waals surface area contributed by atoms with Crippen LogP contribution in [0.1, 0.15) is 15.9 Å². The molecule has 0 bridgehead atoms. The summed E-state index contributed by atoms with van der Waals surface area (Å²) < 4.78 is 1.29. The Bertz CT molecular complexity index is 904. The third-order valence-electron chi connectivity index (χ3n) is 3.66. The molecule has 0 saturated heterocycles. The van der Waals surface area contributed by atoms with E-state index in [1.807, 2.05) is 6.92 Å². The van der Waals surface area contributed by atoms with E-state index in [0.29, 0.717) is 5.69 Å². The quantitative estimate of drug-likeness (QED) is 0.538. The summed E-state index contributed by atoms with van der Waals surface area (Å²) in [5.41, 5.74) is 1.14. The minimum atomic E-state index is -1.40. The van der Waals surface area contributed by atoms with Crippen molar-refractivity contribution in [2.45, 2.75) is 19.5 Å². The van der Waals surface area contributed by atoms with Gasteiger partial charge in [0.05, 0.1) is 6.61 Å². The van der Waals surface area contributed by atoms with Crippen molar-refractivity contribution in [1.82, 2.24) is 9.88 Å². The molecule has 0 radical (unpaired) electrons. The fraction of sp³-hybridized carbons (Fsp3) is 0.222. The van der Waals surface area contributed by atoms with E-state index in [1.165, 1.54) is 34.9 Å². The monoisotopic (exact) mass is 373 g/mol. The number of nitrogens with one attached hydrogen (secondary N) is 2. The molecule has 4 N–H and O–H groups in total. The van der Waals surface area contributed by atoms with Crippen molar-refractivity contribution in [2.24, 2.45) is 0 Å². The number of carbonyl (C=O) groups excluding carboxylic acids is 2. The molecule has 9 heteroatoms. The van der Waals surface area contributed by atoms with Gasteiger partial charge in [-0.25, -0.2) is 4.79 Å². The van der Waals surface area contributed by atoms with Crippen LogP contribution in [0.2, 0.25) is 0 Å². The van der Waals surface area contributed by atoms with Gasteiger partial charge >= 0.3 is 5.97 Å². The molecule has 1 aromatic heterocycles. The number of rotatable bonds is 7. The lowest BCUT2D eigenvalue weighted by Crippen LogP contribution is -2.43. The van der Waals surface area contributed by atoms with Crippen LogP contribution >= 0.6 is 0 Å². The number of carboxylic acids is 1. The largest absolute Gasteiger partial charge is 0.480 e. The van der Waals surface area contributed by atoms with Crippen LogP contribution in [0.5, 0.6) is 0 Å². The van der Waals surface area contributed by atoms with E-state index < -0.39 is 30.4 Å². The minimum absolute atomic E-state index is 0.153. The van der Waals surface area contributed by atoms with Gasteiger partial charge in [-0.05, 0) is 36.8 Å². The van der Waals surface area contributed by atoms with Crippen LogP contribution in [0.3, 0.4) is 0 Å². The van der Waals surface area contributed by atoms with Gasteiger partial charge in [0, 0.05) is 23.5 Å². The molecule has 0 fully saturated rings. The number of amides is 2. The number of aryl methyl sites for hydroxylation is 1. The zero-order valence-corrected chi connectivity index (χ0v) is 14.5. The number of nitrogens with zero attached hydrogens (tertiary/aromatic N) is 1. The molecule has 2 amide bonds. The average Bonchev–Trinajstić information content (AvgIpc) is 2.62. The summed E-state index contributed by atoms with van der Waals surface area (Å²) >= 11 is 0. The van der Waals surface area contributed by atoms with Crippen LogP contribution in [0.4, 0.5) is 5.69 Å². The molecular weight excluding hydrogens is 354 g/mol. The molecule has 0 saturated carbocycles. The number of hydrogen-bond donors (Lipinski definition) is 4. The maximum Gasteiger partial charge on any atom is 0.328 e. The highest BCUT2D eigenvalue weighted by atomic mass is 16.4. The second kappa shape index (κ2) is 8.77. The van der Waals surface area contributed by atoms with Crippen molar-refractivity contribution in [1.29, 1.82) is 0 Å². The maximum atomic E-state index is 12.1. The van der Waals surface area contributed by atoms with Gasteiger partial charge in [0.15, 0.2) is 6.04 Å². The predicted molar refractivity (Wildman–Crippen MR) is 96.5 cm³/mol. The van der Waals surface area contributed by atoms with E-state index in [1.54, 1.807) is 12.3 Å². The predicted octanol–water partition coefficient (Wildman–Crippen LogP) is -0.0293. The lowest BCUT2D eigenvalue weighted by Gasteiger charge is -2.12. The lowest BCUT2D eigenvalue weighted by atomic mass is 10.1. The van der Waals surface area contributed by atoms with Crippen molar-refractivity contribution in [3.05, 3.63) is 64.1 Å². The van der Waals surface area contributed by atoms with E-state index in [4.69, 9.17) is 10.2 Å². The van der Waals surface area contributed by atoms with Gasteiger partial charge in [-0.1, -0.05) is 6.07 Å². The van der Waals surface area contributed by atoms with Crippen molar-refractivity contribution in [3.63, 3.8) is 0 Å². The lowest BCUT2D eigenvalue weighted by molar-refractivity contribution is -0.140. The number of hydrogen-bond acceptors (Lipinski definition) is 5. The standard InChI is InChI=1S/C18H19N3O6/c1-11-2-7-16(24)21(8-11)9-15(23)19-13-5-3-12(4-6-13)17(25)20-14(10-22)18(26)27/h2-8,14,22H,9-10H2,1H3,(H,19,23)(H,20,25)(H,26,27). The average molecular weight is 373 g/mol. The molecule has 1 aromatic carbocycles. The molecular formula is C18H19N3O6. The summed E-state index contributed by atoms with van der Waals surface area (Å²) in [6, 6.07) is 7.39. The summed E-state index contributed by atoms with van der Waals surface area (Å²) in [5, 5.41) is 22.5. The zero-order chi connectivity index (χ0) is 20.0. The van der Waals surface area contributed by atoms with Crippen molar-refractivity contribution in [3.8, 4) is 0 Å². The summed E-state index contributed by atoms with van der Waals surface area (Å²) in [5.74, 6) is -2.42. The van der Waals surface area contributed by atoms with Gasteiger partial charge in [-0.3, -0.25) is 14.4 Å². The molecule has 142 valence electrons. The first-order valence-corrected chi connectivity index (χ1v) is 8.01. The number of carbonyl (C=O) groups is 3. The summed E-state index contributed by atoms with van der Waals surface area (Å²) in [4.78, 5) is 46.6. The van der Waals surface area contributed by atoms with Crippen molar-refractivity contribution in [2.75, 3.05) is 11.9 Å². The van der Waals surface area contributed by atoms with Gasteiger partial charge < -0.3 is 25.4 Å². The number of benzene rings is 1. The molecule has 0 spiro atoms. The Hall–Kier alpha value is -3.46. The molecule has 0 aliphatic rings. The highest BCUT2D eigenvalue weighted by Gasteiger charge is 2.19. The number of pyridine rings is 1. The van der Waals surface area contributed by atoms with Crippen LogP contribution in [0.25, 0.3) is 0 Å². The number of aliphatic hydroxyl groups is 1. The van der Waals surface area contributed by atoms with E-state index in [0.717, 1.165) is 5.56 Å². The molecule has 0 aliphatic carbocycles. The summed E-state index contributed by atoms with van der Waals surface area (Å²) in [6.07, 6.45) is 1.58. The smallest absolute Gasteiger partial charge is 0.328 e. The van der Waals surface area contributed by atoms with E-state index >= 15 is 0 Å². The Balaban J connectivity index is 1.99. The fourth-order valence-corrected chi connectivity index (χ4v) is 2.26. The van der Waals surface area contributed by atoms with Crippen LogP contribution < -0.4 is 16.2 Å². The molecule has 9 nitrogen and oxygen atoms in total. The second-order valence-electron chi connectivity index (χ2n) is 5.84. The molecule has 2 aromatic rings. The number of aliphatic carboxylic acids is 1. The van der Waals surface area contributed by atoms with Crippen LogP contribution in [0, 0.1) is 6.92 Å². The fourth-order valence-electron chi connectivity index (χ4n) is 2.26. The third kappa shape index (κ3) is 5.51. The van der Waals surface area contributed by atoms with Crippen LogP contribution in [0.15, 0.2) is 47.4 Å². The van der Waals surface area contributed by atoms with Crippen LogP contribution in [-0.2, 0) is 16.1 Å². The van der Waals surface area contributed by atoms with E-state index in [2.05, 4.69) is 10.6 Å². The molecule has 0 aliphatic heterocycles. The highest BCUT2D eigenvalue weighted by molar-refractivity contribution is 5.97. The number of aliphatic hydroxyl groups excluding tert-OH is 1.